The minimum atomic E-state index is -0.150. The number of pyridine rings is 1. The van der Waals surface area contributed by atoms with Gasteiger partial charge in [0, 0.05) is 48.9 Å². The van der Waals surface area contributed by atoms with E-state index >= 15 is 0 Å². The van der Waals surface area contributed by atoms with Gasteiger partial charge in [0.15, 0.2) is 0 Å². The Morgan fingerprint density at radius 3 is 2.63 bits per heavy atom. The van der Waals surface area contributed by atoms with Crippen molar-refractivity contribution in [2.24, 2.45) is 5.92 Å². The number of rotatable bonds is 3. The van der Waals surface area contributed by atoms with Gasteiger partial charge in [0.1, 0.15) is 5.82 Å². The Hall–Kier alpha value is -2.50. The van der Waals surface area contributed by atoms with Gasteiger partial charge in [0.25, 0.3) is 5.56 Å². The van der Waals surface area contributed by atoms with Crippen LogP contribution in [0.1, 0.15) is 56.7 Å². The number of likely N-dealkylation sites (tertiary alicyclic amines) is 1. The van der Waals surface area contributed by atoms with E-state index in [4.69, 9.17) is 4.98 Å². The first-order valence-electron chi connectivity index (χ1n) is 10.0. The van der Waals surface area contributed by atoms with E-state index in [9.17, 15) is 9.59 Å². The van der Waals surface area contributed by atoms with Crippen molar-refractivity contribution >= 4 is 5.91 Å². The second-order valence-corrected chi connectivity index (χ2v) is 7.71. The first-order chi connectivity index (χ1) is 13.2. The van der Waals surface area contributed by atoms with E-state index in [2.05, 4.69) is 9.97 Å². The molecule has 1 saturated carbocycles. The van der Waals surface area contributed by atoms with Crippen LogP contribution < -0.4 is 5.56 Å². The summed E-state index contributed by atoms with van der Waals surface area (Å²) < 4.78 is 0. The summed E-state index contributed by atoms with van der Waals surface area (Å²) in [5.41, 5.74) is 1.39. The Morgan fingerprint density at radius 1 is 1.07 bits per heavy atom. The lowest BCUT2D eigenvalue weighted by Gasteiger charge is -2.35. The summed E-state index contributed by atoms with van der Waals surface area (Å²) >= 11 is 0. The summed E-state index contributed by atoms with van der Waals surface area (Å²) in [6, 6.07) is 5.23. The van der Waals surface area contributed by atoms with Gasteiger partial charge in [0.05, 0.1) is 5.69 Å². The number of hydrogen-bond donors (Lipinski definition) is 1. The van der Waals surface area contributed by atoms with Gasteiger partial charge < -0.3 is 9.88 Å². The molecule has 0 radical (unpaired) electrons. The first-order valence-corrected chi connectivity index (χ1v) is 10.0. The summed E-state index contributed by atoms with van der Waals surface area (Å²) in [5, 5.41) is 0. The highest BCUT2D eigenvalue weighted by molar-refractivity contribution is 5.79. The molecule has 142 valence electrons. The zero-order chi connectivity index (χ0) is 18.6. The standard InChI is InChI=1S/C21H26N4O2/c26-19-13-18(15-8-10-22-11-9-15)23-20(24-19)17-7-4-12-25(14-17)21(27)16-5-2-1-3-6-16/h8-11,13,16-17H,1-7,12,14H2,(H,23,24,26)/t17-/m1/s1. The highest BCUT2D eigenvalue weighted by atomic mass is 16.2. The zero-order valence-electron chi connectivity index (χ0n) is 15.6. The van der Waals surface area contributed by atoms with Gasteiger partial charge in [-0.3, -0.25) is 14.6 Å². The maximum atomic E-state index is 12.9. The number of H-pyrrole nitrogens is 1. The van der Waals surface area contributed by atoms with Gasteiger partial charge in [-0.05, 0) is 37.8 Å². The number of nitrogens with one attached hydrogen (secondary N) is 1. The number of piperidine rings is 1. The van der Waals surface area contributed by atoms with E-state index in [1.165, 1.54) is 12.5 Å². The fourth-order valence-corrected chi connectivity index (χ4v) is 4.35. The molecule has 27 heavy (non-hydrogen) atoms. The fourth-order valence-electron chi connectivity index (χ4n) is 4.35. The largest absolute Gasteiger partial charge is 0.342 e. The lowest BCUT2D eigenvalue weighted by Crippen LogP contribution is -2.43. The van der Waals surface area contributed by atoms with Crippen LogP contribution in [-0.4, -0.2) is 38.8 Å². The number of aromatic nitrogens is 3. The van der Waals surface area contributed by atoms with Crippen LogP contribution in [0.3, 0.4) is 0 Å². The second kappa shape index (κ2) is 8.03. The van der Waals surface area contributed by atoms with Crippen molar-refractivity contribution in [3.63, 3.8) is 0 Å². The Labute approximate surface area is 159 Å². The van der Waals surface area contributed by atoms with Gasteiger partial charge in [0.2, 0.25) is 5.91 Å². The molecule has 1 amide bonds. The average molecular weight is 366 g/mol. The summed E-state index contributed by atoms with van der Waals surface area (Å²) in [4.78, 5) is 38.8. The molecular formula is C21H26N4O2. The third-order valence-electron chi connectivity index (χ3n) is 5.81. The second-order valence-electron chi connectivity index (χ2n) is 7.71. The van der Waals surface area contributed by atoms with Crippen LogP contribution in [-0.2, 0) is 4.79 Å². The van der Waals surface area contributed by atoms with E-state index in [0.29, 0.717) is 24.0 Å². The molecule has 0 aromatic carbocycles. The highest BCUT2D eigenvalue weighted by Crippen LogP contribution is 2.30. The average Bonchev–Trinajstić information content (AvgIpc) is 2.74. The van der Waals surface area contributed by atoms with Crippen LogP contribution in [0.4, 0.5) is 0 Å². The quantitative estimate of drug-likeness (QED) is 0.905. The number of nitrogens with zero attached hydrogens (tertiary/aromatic N) is 3. The Kier molecular flexibility index (Phi) is 5.32. The van der Waals surface area contributed by atoms with E-state index in [1.54, 1.807) is 12.4 Å². The molecule has 1 atom stereocenters. The van der Waals surface area contributed by atoms with E-state index in [-0.39, 0.29) is 17.4 Å². The Balaban J connectivity index is 1.53. The van der Waals surface area contributed by atoms with Crippen LogP contribution in [0.15, 0.2) is 35.4 Å². The summed E-state index contributed by atoms with van der Waals surface area (Å²) in [5.74, 6) is 1.26. The topological polar surface area (TPSA) is 79.0 Å². The highest BCUT2D eigenvalue weighted by Gasteiger charge is 2.31. The van der Waals surface area contributed by atoms with Crippen molar-refractivity contribution in [3.05, 3.63) is 46.8 Å². The smallest absolute Gasteiger partial charge is 0.251 e. The first kappa shape index (κ1) is 17.9. The van der Waals surface area contributed by atoms with Crippen molar-refractivity contribution in [3.8, 4) is 11.3 Å². The molecule has 2 aromatic heterocycles. The van der Waals surface area contributed by atoms with Gasteiger partial charge in [-0.1, -0.05) is 19.3 Å². The molecule has 2 fully saturated rings. The summed E-state index contributed by atoms with van der Waals surface area (Å²) in [6.45, 7) is 1.47. The molecule has 3 heterocycles. The molecule has 1 N–H and O–H groups in total. The van der Waals surface area contributed by atoms with Crippen LogP contribution in [0.5, 0.6) is 0 Å². The van der Waals surface area contributed by atoms with Gasteiger partial charge in [-0.2, -0.15) is 0 Å². The third-order valence-corrected chi connectivity index (χ3v) is 5.81. The third kappa shape index (κ3) is 4.10. The molecule has 6 heteroatoms. The summed E-state index contributed by atoms with van der Waals surface area (Å²) in [6.07, 6.45) is 10.9. The number of carbonyl (C=O) groups excluding carboxylic acids is 1. The van der Waals surface area contributed by atoms with E-state index in [1.807, 2.05) is 17.0 Å². The minimum Gasteiger partial charge on any atom is -0.342 e. The lowest BCUT2D eigenvalue weighted by atomic mass is 9.87. The van der Waals surface area contributed by atoms with Crippen LogP contribution in [0.2, 0.25) is 0 Å². The number of aromatic amines is 1. The molecule has 2 aromatic rings. The van der Waals surface area contributed by atoms with Gasteiger partial charge >= 0.3 is 0 Å². The molecule has 4 rings (SSSR count). The molecule has 6 nitrogen and oxygen atoms in total. The van der Waals surface area contributed by atoms with E-state index < -0.39 is 0 Å². The van der Waals surface area contributed by atoms with Crippen LogP contribution in [0, 0.1) is 5.92 Å². The summed E-state index contributed by atoms with van der Waals surface area (Å²) in [7, 11) is 0. The Morgan fingerprint density at radius 2 is 1.85 bits per heavy atom. The Bertz CT molecular complexity index is 843. The maximum absolute atomic E-state index is 12.9. The monoisotopic (exact) mass is 366 g/mol. The molecular weight excluding hydrogens is 340 g/mol. The predicted octanol–water partition coefficient (Wildman–Crippen LogP) is 3.12. The zero-order valence-corrected chi connectivity index (χ0v) is 15.6. The van der Waals surface area contributed by atoms with Crippen LogP contribution >= 0.6 is 0 Å². The lowest BCUT2D eigenvalue weighted by molar-refractivity contribution is -0.137. The van der Waals surface area contributed by atoms with Crippen molar-refractivity contribution in [2.75, 3.05) is 13.1 Å². The fraction of sp³-hybridized carbons (Fsp3) is 0.524. The number of carbonyl (C=O) groups is 1. The van der Waals surface area contributed by atoms with Crippen molar-refractivity contribution in [2.45, 2.75) is 50.9 Å². The normalized spacial score (nSPS) is 21.2. The predicted molar refractivity (Wildman–Crippen MR) is 103 cm³/mol. The molecule has 0 spiro atoms. The molecule has 1 saturated heterocycles. The molecule has 0 bridgehead atoms. The molecule has 2 aliphatic rings. The SMILES string of the molecule is O=C(C1CCCCC1)N1CCC[C@@H](c2nc(-c3ccncc3)cc(=O)[nH]2)C1. The van der Waals surface area contributed by atoms with Crippen molar-refractivity contribution in [1.29, 1.82) is 0 Å². The van der Waals surface area contributed by atoms with Gasteiger partial charge in [-0.15, -0.1) is 0 Å². The van der Waals surface area contributed by atoms with Crippen molar-refractivity contribution in [1.82, 2.24) is 19.9 Å². The maximum Gasteiger partial charge on any atom is 0.251 e. The van der Waals surface area contributed by atoms with E-state index in [0.717, 1.165) is 50.6 Å². The molecule has 0 unspecified atom stereocenters. The van der Waals surface area contributed by atoms with Crippen molar-refractivity contribution < 1.29 is 4.79 Å². The van der Waals surface area contributed by atoms with Gasteiger partial charge in [-0.25, -0.2) is 4.98 Å². The minimum absolute atomic E-state index is 0.0841. The number of hydrogen-bond acceptors (Lipinski definition) is 4. The van der Waals surface area contributed by atoms with Crippen LogP contribution in [0.25, 0.3) is 11.3 Å². The number of amides is 1. The molecule has 1 aliphatic heterocycles. The molecule has 1 aliphatic carbocycles.